The lowest BCUT2D eigenvalue weighted by molar-refractivity contribution is -0.117. The number of carbonyl (C=O) groups is 1. The number of rotatable bonds is 4. The number of hydrogen-bond acceptors (Lipinski definition) is 1. The molecule has 0 aromatic carbocycles. The molecule has 74 valence electrons. The number of nitrogens with one attached hydrogen (secondary N) is 1. The van der Waals surface area contributed by atoms with Gasteiger partial charge in [0.25, 0.3) is 0 Å². The minimum atomic E-state index is -0.343. The van der Waals surface area contributed by atoms with E-state index in [0.29, 0.717) is 12.8 Å². The van der Waals surface area contributed by atoms with Gasteiger partial charge in [-0.3, -0.25) is 4.79 Å². The van der Waals surface area contributed by atoms with E-state index >= 15 is 0 Å². The van der Waals surface area contributed by atoms with E-state index in [1.54, 1.807) is 18.2 Å². The highest BCUT2D eigenvalue weighted by Gasteiger charge is 2.26. The van der Waals surface area contributed by atoms with Gasteiger partial charge in [-0.05, 0) is 12.8 Å². The van der Waals surface area contributed by atoms with Crippen LogP contribution in [0.4, 0.5) is 0 Å². The van der Waals surface area contributed by atoms with Gasteiger partial charge in [-0.1, -0.05) is 30.4 Å². The van der Waals surface area contributed by atoms with Gasteiger partial charge < -0.3 is 5.32 Å². The first-order valence-electron chi connectivity index (χ1n) is 4.62. The van der Waals surface area contributed by atoms with Crippen molar-refractivity contribution in [3.05, 3.63) is 49.6 Å². The Labute approximate surface area is 84.7 Å². The van der Waals surface area contributed by atoms with Crippen molar-refractivity contribution in [3.8, 4) is 0 Å². The third-order valence-corrected chi connectivity index (χ3v) is 2.16. The van der Waals surface area contributed by atoms with Gasteiger partial charge in [0.15, 0.2) is 0 Å². The zero-order valence-corrected chi connectivity index (χ0v) is 8.20. The zero-order chi connectivity index (χ0) is 10.4. The summed E-state index contributed by atoms with van der Waals surface area (Å²) in [4.78, 5) is 11.3. The van der Waals surface area contributed by atoms with Crippen LogP contribution in [0.2, 0.25) is 0 Å². The van der Waals surface area contributed by atoms with E-state index in [9.17, 15) is 4.79 Å². The molecule has 0 saturated heterocycles. The van der Waals surface area contributed by atoms with Crippen molar-refractivity contribution in [1.29, 1.82) is 0 Å². The summed E-state index contributed by atoms with van der Waals surface area (Å²) >= 11 is 0. The van der Waals surface area contributed by atoms with Crippen LogP contribution in [0.5, 0.6) is 0 Å². The van der Waals surface area contributed by atoms with Crippen molar-refractivity contribution in [2.75, 3.05) is 0 Å². The summed E-state index contributed by atoms with van der Waals surface area (Å²) in [7, 11) is 0. The lowest BCUT2D eigenvalue weighted by Gasteiger charge is -2.28. The molecule has 2 nitrogen and oxygen atoms in total. The maximum Gasteiger partial charge on any atom is 0.244 e. The summed E-state index contributed by atoms with van der Waals surface area (Å²) in [6.45, 7) is 7.40. The minimum Gasteiger partial charge on any atom is -0.343 e. The van der Waals surface area contributed by atoms with Crippen LogP contribution in [0.15, 0.2) is 49.6 Å². The predicted molar refractivity (Wildman–Crippen MR) is 58.8 cm³/mol. The average molecular weight is 189 g/mol. The Bertz CT molecular complexity index is 289. The first kappa shape index (κ1) is 10.5. The molecular weight excluding hydrogens is 174 g/mol. The fourth-order valence-electron chi connectivity index (χ4n) is 1.55. The van der Waals surface area contributed by atoms with E-state index in [4.69, 9.17) is 0 Å². The Morgan fingerprint density at radius 2 is 1.93 bits per heavy atom. The van der Waals surface area contributed by atoms with Crippen molar-refractivity contribution in [2.45, 2.75) is 18.4 Å². The molecule has 0 atom stereocenters. The molecule has 1 heterocycles. The van der Waals surface area contributed by atoms with Crippen LogP contribution in [-0.2, 0) is 4.79 Å². The molecule has 0 saturated carbocycles. The molecule has 0 aromatic rings. The monoisotopic (exact) mass is 189 g/mol. The number of hydrogen-bond donors (Lipinski definition) is 1. The minimum absolute atomic E-state index is 0.0706. The van der Waals surface area contributed by atoms with Gasteiger partial charge in [0.05, 0.1) is 5.54 Å². The number of allylic oxidation sites excluding steroid dienone is 2. The van der Waals surface area contributed by atoms with E-state index in [2.05, 4.69) is 18.5 Å². The zero-order valence-electron chi connectivity index (χ0n) is 8.20. The van der Waals surface area contributed by atoms with Gasteiger partial charge in [0.1, 0.15) is 0 Å². The highest BCUT2D eigenvalue weighted by molar-refractivity contribution is 5.89. The van der Waals surface area contributed by atoms with Gasteiger partial charge in [0.2, 0.25) is 5.91 Å². The molecule has 1 rings (SSSR count). The van der Waals surface area contributed by atoms with Crippen molar-refractivity contribution in [2.24, 2.45) is 0 Å². The Balaban J connectivity index is 2.89. The molecule has 1 N–H and O–H groups in total. The SMILES string of the molecule is C=CCC1(CC=C)C=CC=CC(=O)N1. The molecule has 0 aliphatic carbocycles. The molecule has 1 aliphatic heterocycles. The molecule has 1 aliphatic rings. The van der Waals surface area contributed by atoms with Crippen molar-refractivity contribution in [3.63, 3.8) is 0 Å². The topological polar surface area (TPSA) is 29.1 Å². The van der Waals surface area contributed by atoms with Crippen LogP contribution < -0.4 is 5.32 Å². The van der Waals surface area contributed by atoms with E-state index < -0.39 is 0 Å². The third kappa shape index (κ3) is 2.46. The Hall–Kier alpha value is -1.57. The smallest absolute Gasteiger partial charge is 0.244 e. The first-order valence-corrected chi connectivity index (χ1v) is 4.62. The van der Waals surface area contributed by atoms with Crippen LogP contribution in [0.1, 0.15) is 12.8 Å². The van der Waals surface area contributed by atoms with Crippen LogP contribution >= 0.6 is 0 Å². The fourth-order valence-corrected chi connectivity index (χ4v) is 1.55. The molecule has 1 amide bonds. The van der Waals surface area contributed by atoms with Crippen molar-refractivity contribution >= 4 is 5.91 Å². The second-order valence-electron chi connectivity index (χ2n) is 3.35. The fraction of sp³-hybridized carbons (Fsp3) is 0.250. The summed E-state index contributed by atoms with van der Waals surface area (Å²) in [6, 6.07) is 0. The molecule has 0 radical (unpaired) electrons. The van der Waals surface area contributed by atoms with Gasteiger partial charge in [-0.15, -0.1) is 13.2 Å². The first-order chi connectivity index (χ1) is 6.72. The maximum absolute atomic E-state index is 11.3. The molecule has 2 heteroatoms. The second kappa shape index (κ2) is 4.61. The predicted octanol–water partition coefficient (Wildman–Crippen LogP) is 2.12. The van der Waals surface area contributed by atoms with Gasteiger partial charge in [-0.25, -0.2) is 0 Å². The quantitative estimate of drug-likeness (QED) is 0.674. The number of amides is 1. The summed E-state index contributed by atoms with van der Waals surface area (Å²) in [5.41, 5.74) is -0.343. The van der Waals surface area contributed by atoms with E-state index in [1.807, 2.05) is 12.2 Å². The largest absolute Gasteiger partial charge is 0.343 e. The molecule has 0 spiro atoms. The molecule has 0 aromatic heterocycles. The Kier molecular flexibility index (Phi) is 3.46. The van der Waals surface area contributed by atoms with Crippen molar-refractivity contribution in [1.82, 2.24) is 5.32 Å². The highest BCUT2D eigenvalue weighted by atomic mass is 16.1. The second-order valence-corrected chi connectivity index (χ2v) is 3.35. The van der Waals surface area contributed by atoms with Crippen LogP contribution in [0, 0.1) is 0 Å². The van der Waals surface area contributed by atoms with Gasteiger partial charge in [0, 0.05) is 6.08 Å². The summed E-state index contributed by atoms with van der Waals surface area (Å²) < 4.78 is 0. The molecule has 0 bridgehead atoms. The average Bonchev–Trinajstić information content (AvgIpc) is 2.29. The van der Waals surface area contributed by atoms with Gasteiger partial charge >= 0.3 is 0 Å². The maximum atomic E-state index is 11.3. The lowest BCUT2D eigenvalue weighted by Crippen LogP contribution is -2.45. The van der Waals surface area contributed by atoms with E-state index in [0.717, 1.165) is 0 Å². The van der Waals surface area contributed by atoms with Gasteiger partial charge in [-0.2, -0.15) is 0 Å². The molecule has 0 fully saturated rings. The highest BCUT2D eigenvalue weighted by Crippen LogP contribution is 2.20. The molecular formula is C12H15NO. The number of carbonyl (C=O) groups excluding carboxylic acids is 1. The summed E-state index contributed by atoms with van der Waals surface area (Å²) in [6.07, 6.45) is 12.2. The third-order valence-electron chi connectivity index (χ3n) is 2.16. The molecule has 0 unspecified atom stereocenters. The van der Waals surface area contributed by atoms with Crippen LogP contribution in [0.3, 0.4) is 0 Å². The van der Waals surface area contributed by atoms with Crippen LogP contribution in [-0.4, -0.2) is 11.4 Å². The lowest BCUT2D eigenvalue weighted by atomic mass is 9.91. The Morgan fingerprint density at radius 1 is 1.29 bits per heavy atom. The van der Waals surface area contributed by atoms with E-state index in [1.165, 1.54) is 6.08 Å². The summed E-state index contributed by atoms with van der Waals surface area (Å²) in [5, 5.41) is 2.94. The van der Waals surface area contributed by atoms with Crippen molar-refractivity contribution < 1.29 is 4.79 Å². The summed E-state index contributed by atoms with van der Waals surface area (Å²) in [5.74, 6) is -0.0706. The standard InChI is InChI=1S/C12H15NO/c1-3-8-12(9-4-2)10-6-5-7-11(14)13-12/h3-7,10H,1-2,8-9H2,(H,13,14). The molecule has 14 heavy (non-hydrogen) atoms. The normalized spacial score (nSPS) is 18.4. The van der Waals surface area contributed by atoms with Crippen LogP contribution in [0.25, 0.3) is 0 Å². The van der Waals surface area contributed by atoms with E-state index in [-0.39, 0.29) is 11.4 Å². The Morgan fingerprint density at radius 3 is 2.50 bits per heavy atom.